The lowest BCUT2D eigenvalue weighted by Gasteiger charge is -2.28. The van der Waals surface area contributed by atoms with Gasteiger partial charge in [0.1, 0.15) is 12.4 Å². The van der Waals surface area contributed by atoms with Crippen molar-refractivity contribution in [2.75, 3.05) is 56.2 Å². The lowest BCUT2D eigenvalue weighted by Crippen LogP contribution is -2.36. The average molecular weight is 565 g/mol. The number of hydrogen-bond acceptors (Lipinski definition) is 8. The molecule has 2 fully saturated rings. The Labute approximate surface area is 235 Å². The Kier molecular flexibility index (Phi) is 7.31. The molecule has 0 amide bonds. The van der Waals surface area contributed by atoms with Crippen LogP contribution in [0.1, 0.15) is 13.3 Å². The minimum atomic E-state index is -0.595. The maximum atomic E-state index is 14.9. The molecule has 0 radical (unpaired) electrons. The van der Waals surface area contributed by atoms with E-state index >= 15 is 0 Å². The molecule has 2 aliphatic rings. The molecule has 2 aliphatic heterocycles. The number of pyridine rings is 1. The predicted molar refractivity (Wildman–Crippen MR) is 154 cm³/mol. The average Bonchev–Trinajstić information content (AvgIpc) is 3.40. The number of benzene rings is 2. The van der Waals surface area contributed by atoms with E-state index in [9.17, 15) is 9.18 Å². The number of hydrogen-bond donors (Lipinski definition) is 2. The fourth-order valence-corrected chi connectivity index (χ4v) is 5.37. The Balaban J connectivity index is 1.36. The van der Waals surface area contributed by atoms with Crippen LogP contribution < -0.4 is 25.9 Å². The van der Waals surface area contributed by atoms with E-state index in [1.165, 1.54) is 12.1 Å². The molecule has 6 rings (SSSR count). The van der Waals surface area contributed by atoms with Crippen molar-refractivity contribution in [3.8, 4) is 11.1 Å². The van der Waals surface area contributed by atoms with Gasteiger partial charge >= 0.3 is 0 Å². The highest BCUT2D eigenvalue weighted by atomic mass is 35.5. The third-order valence-corrected chi connectivity index (χ3v) is 7.75. The first-order chi connectivity index (χ1) is 19.4. The molecule has 2 aromatic heterocycles. The summed E-state index contributed by atoms with van der Waals surface area (Å²) in [6.45, 7) is 7.16. The molecule has 0 spiro atoms. The van der Waals surface area contributed by atoms with Crippen molar-refractivity contribution >= 4 is 40.0 Å². The van der Waals surface area contributed by atoms with Crippen LogP contribution in [0.4, 0.5) is 21.7 Å². The van der Waals surface area contributed by atoms with Crippen LogP contribution in [0.3, 0.4) is 0 Å². The molecule has 2 N–H and O–H groups in total. The topological polar surface area (TPSA) is 93.5 Å². The van der Waals surface area contributed by atoms with Gasteiger partial charge in [0.25, 0.3) is 5.56 Å². The van der Waals surface area contributed by atoms with E-state index in [-0.39, 0.29) is 33.8 Å². The van der Waals surface area contributed by atoms with Crippen LogP contribution in [0, 0.1) is 11.2 Å². The van der Waals surface area contributed by atoms with Crippen LogP contribution in [0.5, 0.6) is 0 Å². The first-order valence-corrected chi connectivity index (χ1v) is 13.7. The van der Waals surface area contributed by atoms with E-state index in [1.807, 2.05) is 24.3 Å². The third-order valence-electron chi connectivity index (χ3n) is 7.43. The molecule has 1 atom stereocenters. The summed E-state index contributed by atoms with van der Waals surface area (Å²) in [5.74, 6) is -0.295. The lowest BCUT2D eigenvalue weighted by molar-refractivity contribution is 0.0488. The molecule has 208 valence electrons. The Morgan fingerprint density at radius 3 is 2.73 bits per heavy atom. The third kappa shape index (κ3) is 5.34. The molecule has 9 nitrogen and oxygen atoms in total. The summed E-state index contributed by atoms with van der Waals surface area (Å²) in [6.07, 6.45) is 2.49. The highest BCUT2D eigenvalue weighted by molar-refractivity contribution is 6.33. The number of aromatic nitrogens is 3. The molecule has 0 aliphatic carbocycles. The van der Waals surface area contributed by atoms with Gasteiger partial charge < -0.3 is 25.1 Å². The Bertz CT molecular complexity index is 1560. The van der Waals surface area contributed by atoms with Gasteiger partial charge in [-0.2, -0.15) is 4.98 Å². The monoisotopic (exact) mass is 564 g/mol. The summed E-state index contributed by atoms with van der Waals surface area (Å²) in [5, 5.41) is 7.19. The minimum absolute atomic E-state index is 0.0183. The highest BCUT2D eigenvalue weighted by Crippen LogP contribution is 2.31. The molecule has 2 aromatic carbocycles. The van der Waals surface area contributed by atoms with Crippen LogP contribution in [0.15, 0.2) is 59.5 Å². The van der Waals surface area contributed by atoms with Gasteiger partial charge in [0.05, 0.1) is 23.8 Å². The molecule has 40 heavy (non-hydrogen) atoms. The van der Waals surface area contributed by atoms with Gasteiger partial charge in [-0.3, -0.25) is 4.79 Å². The van der Waals surface area contributed by atoms with Crippen molar-refractivity contribution in [3.63, 3.8) is 0 Å². The zero-order valence-corrected chi connectivity index (χ0v) is 22.9. The summed E-state index contributed by atoms with van der Waals surface area (Å²) < 4.78 is 21.4. The maximum Gasteiger partial charge on any atom is 0.293 e. The van der Waals surface area contributed by atoms with Gasteiger partial charge in [-0.1, -0.05) is 24.6 Å². The van der Waals surface area contributed by atoms with Crippen LogP contribution in [-0.4, -0.2) is 60.7 Å². The van der Waals surface area contributed by atoms with Crippen molar-refractivity contribution in [2.45, 2.75) is 13.3 Å². The number of morpholine rings is 1. The normalized spacial score (nSPS) is 19.2. The van der Waals surface area contributed by atoms with Crippen molar-refractivity contribution in [3.05, 3.63) is 75.9 Å². The highest BCUT2D eigenvalue weighted by Gasteiger charge is 2.30. The molecular formula is C29H30ClFN6O3. The van der Waals surface area contributed by atoms with E-state index in [2.05, 4.69) is 32.4 Å². The molecule has 4 aromatic rings. The van der Waals surface area contributed by atoms with E-state index in [1.54, 1.807) is 18.3 Å². The Hall–Kier alpha value is -3.73. The van der Waals surface area contributed by atoms with Gasteiger partial charge in [-0.15, -0.1) is 4.73 Å². The quantitative estimate of drug-likeness (QED) is 0.344. The smallest absolute Gasteiger partial charge is 0.293 e. The molecular weight excluding hydrogens is 535 g/mol. The van der Waals surface area contributed by atoms with Crippen molar-refractivity contribution in [1.29, 1.82) is 0 Å². The number of rotatable bonds is 7. The fraction of sp³-hybridized carbons (Fsp3) is 0.345. The van der Waals surface area contributed by atoms with Gasteiger partial charge in [0, 0.05) is 53.6 Å². The molecule has 0 unspecified atom stereocenters. The minimum Gasteiger partial charge on any atom is -0.408 e. The number of anilines is 3. The summed E-state index contributed by atoms with van der Waals surface area (Å²) >= 11 is 6.33. The lowest BCUT2D eigenvalue weighted by atomic mass is 9.91. The van der Waals surface area contributed by atoms with Gasteiger partial charge in [0.15, 0.2) is 5.65 Å². The number of halogens is 2. The van der Waals surface area contributed by atoms with Gasteiger partial charge in [-0.25, -0.2) is 9.37 Å². The van der Waals surface area contributed by atoms with Gasteiger partial charge in [0.2, 0.25) is 5.95 Å². The number of fused-ring (bicyclic) bond motifs is 1. The van der Waals surface area contributed by atoms with Crippen molar-refractivity contribution in [2.24, 2.45) is 5.41 Å². The second-order valence-corrected chi connectivity index (χ2v) is 10.9. The maximum absolute atomic E-state index is 14.9. The molecule has 11 heteroatoms. The number of nitrogens with zero attached hydrogens (tertiary/aromatic N) is 4. The molecule has 0 bridgehead atoms. The summed E-state index contributed by atoms with van der Waals surface area (Å²) in [4.78, 5) is 31.3. The van der Waals surface area contributed by atoms with E-state index in [4.69, 9.17) is 21.2 Å². The number of ether oxygens (including phenoxy) is 1. The first kappa shape index (κ1) is 26.5. The first-order valence-electron chi connectivity index (χ1n) is 13.3. The van der Waals surface area contributed by atoms with Crippen LogP contribution in [0.2, 0.25) is 5.02 Å². The standard InChI is InChI=1S/C29H30ClFN6O3/c1-29(9-10-32-17-29)18-40-37-26-19(15-22(27(37)38)25-23(30)3-2-4-24(25)31)16-33-28(35-26)34-20-5-7-21(8-6-20)36-11-13-39-14-12-36/h2-8,15-16,32H,9-14,17-18H2,1H3,(H,33,34,35)/t29-/m0/s1. The molecule has 0 saturated carbocycles. The van der Waals surface area contributed by atoms with Crippen LogP contribution >= 0.6 is 11.6 Å². The Morgan fingerprint density at radius 2 is 2.00 bits per heavy atom. The van der Waals surface area contributed by atoms with Gasteiger partial charge in [-0.05, 0) is 55.4 Å². The largest absolute Gasteiger partial charge is 0.408 e. The molecule has 4 heterocycles. The summed E-state index contributed by atoms with van der Waals surface area (Å²) in [5.41, 5.74) is 1.58. The Morgan fingerprint density at radius 1 is 1.20 bits per heavy atom. The summed E-state index contributed by atoms with van der Waals surface area (Å²) in [6, 6.07) is 13.9. The molecule has 2 saturated heterocycles. The second kappa shape index (κ2) is 11.0. The van der Waals surface area contributed by atoms with Crippen LogP contribution in [-0.2, 0) is 4.74 Å². The van der Waals surface area contributed by atoms with Crippen molar-refractivity contribution in [1.82, 2.24) is 20.0 Å². The van der Waals surface area contributed by atoms with Crippen molar-refractivity contribution < 1.29 is 14.0 Å². The SMILES string of the molecule is C[C@]1(COn2c(=O)c(-c3c(F)cccc3Cl)cc3cnc(Nc4ccc(N5CCOCC5)cc4)nc32)CCNC1. The second-order valence-electron chi connectivity index (χ2n) is 10.5. The van der Waals surface area contributed by atoms with E-state index < -0.39 is 11.4 Å². The predicted octanol–water partition coefficient (Wildman–Crippen LogP) is 4.26. The summed E-state index contributed by atoms with van der Waals surface area (Å²) in [7, 11) is 0. The zero-order chi connectivity index (χ0) is 27.7. The zero-order valence-electron chi connectivity index (χ0n) is 22.1. The van der Waals surface area contributed by atoms with E-state index in [0.29, 0.717) is 11.3 Å². The number of nitrogens with one attached hydrogen (secondary N) is 2. The fourth-order valence-electron chi connectivity index (χ4n) is 5.10. The van der Waals surface area contributed by atoms with E-state index in [0.717, 1.165) is 61.9 Å². The van der Waals surface area contributed by atoms with Crippen LogP contribution in [0.25, 0.3) is 22.2 Å².